The Hall–Kier alpha value is 0.390. The van der Waals surface area contributed by atoms with Crippen LogP contribution in [0, 0.1) is 0 Å². The summed E-state index contributed by atoms with van der Waals surface area (Å²) in [4.78, 5) is 0. The minimum absolute atomic E-state index is 0.111. The molecule has 1 N–H and O–H groups in total. The molecule has 0 saturated carbocycles. The van der Waals surface area contributed by atoms with Gasteiger partial charge >= 0.3 is 0 Å². The second kappa shape index (κ2) is 0.667. The fourth-order valence-electron chi connectivity index (χ4n) is 0.0527. The molecule has 1 aliphatic rings. The van der Waals surface area contributed by atoms with E-state index >= 15 is 0 Å². The quantitative estimate of drug-likeness (QED) is 0.402. The van der Waals surface area contributed by atoms with Gasteiger partial charge in [0.25, 0.3) is 0 Å². The number of rotatable bonds is 0. The maximum atomic E-state index is 8.18. The van der Waals surface area contributed by atoms with Crippen molar-refractivity contribution in [1.29, 1.82) is 0 Å². The molecule has 1 fully saturated rings. The van der Waals surface area contributed by atoms with Crippen LogP contribution in [0.15, 0.2) is 0 Å². The van der Waals surface area contributed by atoms with Crippen molar-refractivity contribution in [1.82, 2.24) is 0 Å². The van der Waals surface area contributed by atoms with Gasteiger partial charge in [0.1, 0.15) is 0 Å². The largest absolute Gasteiger partial charge is 0.389 e. The summed E-state index contributed by atoms with van der Waals surface area (Å²) in [6.07, 6.45) is 1.07. The third-order valence-corrected chi connectivity index (χ3v) is 1.16. The molecule has 0 radical (unpaired) electrons. The minimum Gasteiger partial charge on any atom is -0.389 e. The Morgan fingerprint density at radius 1 is 2.00 bits per heavy atom. The number of aliphatic hydroxyl groups excluding tert-OH is 1. The van der Waals surface area contributed by atoms with Gasteiger partial charge in [-0.15, -0.1) is 0 Å². The van der Waals surface area contributed by atoms with E-state index in [1.54, 1.807) is 0 Å². The van der Waals surface area contributed by atoms with Crippen molar-refractivity contribution in [2.24, 2.45) is 0 Å². The van der Waals surface area contributed by atoms with Crippen LogP contribution in [0.4, 0.5) is 0 Å². The maximum absolute atomic E-state index is 8.18. The average Bonchev–Trinajstić information content (AvgIpc) is 1.75. The van der Waals surface area contributed by atoms with Crippen molar-refractivity contribution < 1.29 is 5.11 Å². The second-order valence-corrected chi connectivity index (χ2v) is 2.41. The van der Waals surface area contributed by atoms with E-state index in [-0.39, 0.29) is 5.85 Å². The zero-order valence-corrected chi connectivity index (χ0v) is 3.23. The van der Waals surface area contributed by atoms with E-state index < -0.39 is 0 Å². The lowest BCUT2D eigenvalue weighted by Crippen LogP contribution is -1.67. The van der Waals surface area contributed by atoms with Crippen LogP contribution in [0.5, 0.6) is 0 Å². The highest BCUT2D eigenvalue weighted by atomic mass is 31.1. The fraction of sp³-hybridized carbons (Fsp3) is 1.00. The van der Waals surface area contributed by atoms with Gasteiger partial charge in [-0.05, 0) is 6.16 Å². The van der Waals surface area contributed by atoms with E-state index in [2.05, 4.69) is 0 Å². The summed E-state index contributed by atoms with van der Waals surface area (Å²) in [6.45, 7) is 0. The van der Waals surface area contributed by atoms with Crippen molar-refractivity contribution in [2.45, 2.75) is 5.85 Å². The van der Waals surface area contributed by atoms with Crippen LogP contribution in [-0.4, -0.2) is 17.1 Å². The molecule has 1 saturated heterocycles. The molecule has 1 nitrogen and oxygen atoms in total. The molecule has 24 valence electrons. The molecule has 1 rings (SSSR count). The maximum Gasteiger partial charge on any atom is 0.0740 e. The van der Waals surface area contributed by atoms with E-state index in [4.69, 9.17) is 5.11 Å². The first kappa shape index (κ1) is 2.62. The van der Waals surface area contributed by atoms with Gasteiger partial charge in [-0.3, -0.25) is 0 Å². The molecule has 4 heavy (non-hydrogen) atoms. The minimum atomic E-state index is 0.111. The topological polar surface area (TPSA) is 20.2 Å². The van der Waals surface area contributed by atoms with Gasteiger partial charge in [-0.25, -0.2) is 0 Å². The predicted molar refractivity (Wildman–Crippen MR) is 19.2 cm³/mol. The SMILES string of the molecule is OC1CP1. The van der Waals surface area contributed by atoms with Crippen LogP contribution in [0.2, 0.25) is 0 Å². The Bertz CT molecular complexity index is 25.2. The summed E-state index contributed by atoms with van der Waals surface area (Å²) in [6, 6.07) is 0. The van der Waals surface area contributed by atoms with Gasteiger partial charge in [0.15, 0.2) is 0 Å². The molecule has 1 aliphatic heterocycles. The Morgan fingerprint density at radius 2 is 2.25 bits per heavy atom. The lowest BCUT2D eigenvalue weighted by atomic mass is 10.9. The molecular formula is C2H5OP. The highest BCUT2D eigenvalue weighted by molar-refractivity contribution is 7.47. The van der Waals surface area contributed by atoms with Crippen molar-refractivity contribution in [3.63, 3.8) is 0 Å². The van der Waals surface area contributed by atoms with Crippen LogP contribution >= 0.6 is 8.58 Å². The van der Waals surface area contributed by atoms with Crippen molar-refractivity contribution in [3.8, 4) is 0 Å². The number of aliphatic hydroxyl groups is 1. The Balaban J connectivity index is 2.17. The van der Waals surface area contributed by atoms with E-state index in [1.807, 2.05) is 0 Å². The highest BCUT2D eigenvalue weighted by Gasteiger charge is 2.15. The molecule has 2 heteroatoms. The summed E-state index contributed by atoms with van der Waals surface area (Å²) < 4.78 is 0. The molecule has 2 atom stereocenters. The number of hydrogen-bond donors (Lipinski definition) is 1. The summed E-state index contributed by atoms with van der Waals surface area (Å²) in [5.74, 6) is 0.111. The van der Waals surface area contributed by atoms with Gasteiger partial charge in [0.2, 0.25) is 0 Å². The van der Waals surface area contributed by atoms with E-state index in [0.29, 0.717) is 0 Å². The second-order valence-electron chi connectivity index (χ2n) is 0.924. The third-order valence-electron chi connectivity index (χ3n) is 0.387. The molecule has 0 aromatic heterocycles. The van der Waals surface area contributed by atoms with Crippen molar-refractivity contribution in [3.05, 3.63) is 0 Å². The van der Waals surface area contributed by atoms with Gasteiger partial charge in [0.05, 0.1) is 5.85 Å². The first-order chi connectivity index (χ1) is 1.89. The average molecular weight is 76.0 g/mol. The van der Waals surface area contributed by atoms with E-state index in [0.717, 1.165) is 14.7 Å². The predicted octanol–water partition coefficient (Wildman–Crippen LogP) is -0.00310. The number of hydrogen-bond acceptors (Lipinski definition) is 1. The Kier molecular flexibility index (Phi) is 0.436. The highest BCUT2D eigenvalue weighted by Crippen LogP contribution is 2.34. The normalized spacial score (nSPS) is 45.8. The molecule has 0 amide bonds. The zero-order valence-electron chi connectivity index (χ0n) is 2.23. The van der Waals surface area contributed by atoms with Crippen molar-refractivity contribution in [2.75, 3.05) is 6.16 Å². The van der Waals surface area contributed by atoms with Crippen LogP contribution in [0.3, 0.4) is 0 Å². The monoisotopic (exact) mass is 76.0 g/mol. The van der Waals surface area contributed by atoms with Crippen LogP contribution < -0.4 is 0 Å². The summed E-state index contributed by atoms with van der Waals surface area (Å²) in [5.41, 5.74) is 0. The molecule has 0 aliphatic carbocycles. The molecule has 1 heterocycles. The smallest absolute Gasteiger partial charge is 0.0740 e. The van der Waals surface area contributed by atoms with E-state index in [1.165, 1.54) is 0 Å². The van der Waals surface area contributed by atoms with E-state index in [9.17, 15) is 0 Å². The van der Waals surface area contributed by atoms with Gasteiger partial charge < -0.3 is 5.11 Å². The first-order valence-electron chi connectivity index (χ1n) is 1.31. The van der Waals surface area contributed by atoms with Gasteiger partial charge in [-0.2, -0.15) is 0 Å². The molecule has 2 unspecified atom stereocenters. The summed E-state index contributed by atoms with van der Waals surface area (Å²) >= 11 is 0. The molecule has 0 aromatic rings. The fourth-order valence-corrected chi connectivity index (χ4v) is 0.158. The third kappa shape index (κ3) is 0.402. The van der Waals surface area contributed by atoms with Gasteiger partial charge in [0, 0.05) is 0 Å². The molecule has 0 bridgehead atoms. The van der Waals surface area contributed by atoms with Gasteiger partial charge in [-0.1, -0.05) is 8.58 Å². The summed E-state index contributed by atoms with van der Waals surface area (Å²) in [5, 5.41) is 8.18. The van der Waals surface area contributed by atoms with Crippen LogP contribution in [-0.2, 0) is 0 Å². The molecular weight excluding hydrogens is 71.0 g/mol. The lowest BCUT2D eigenvalue weighted by molar-refractivity contribution is 0.312. The molecule has 0 spiro atoms. The van der Waals surface area contributed by atoms with Crippen molar-refractivity contribution >= 4 is 8.58 Å². The lowest BCUT2D eigenvalue weighted by Gasteiger charge is -1.57. The molecule has 0 aromatic carbocycles. The summed E-state index contributed by atoms with van der Waals surface area (Å²) in [7, 11) is 0.863. The Labute approximate surface area is 26.8 Å². The standard InChI is InChI=1S/C2H5OP/c3-2-1-4-2/h2-4H,1H2. The Morgan fingerprint density at radius 3 is 2.25 bits per heavy atom. The van der Waals surface area contributed by atoms with Crippen LogP contribution in [0.1, 0.15) is 0 Å². The first-order valence-corrected chi connectivity index (χ1v) is 2.59. The van der Waals surface area contributed by atoms with Crippen LogP contribution in [0.25, 0.3) is 0 Å². The zero-order chi connectivity index (χ0) is 2.99.